The van der Waals surface area contributed by atoms with Crippen LogP contribution in [0.5, 0.6) is 0 Å². The molecule has 0 amide bonds. The van der Waals surface area contributed by atoms with Crippen LogP contribution in [0.3, 0.4) is 0 Å². The van der Waals surface area contributed by atoms with E-state index in [0.717, 1.165) is 5.69 Å². The smallest absolute Gasteiger partial charge is 0.0375 e. The normalized spacial score (nSPS) is 30.8. The SMILES string of the molecule is CN1C2CCC1c1c(N)cccc12. The maximum atomic E-state index is 5.99. The van der Waals surface area contributed by atoms with Crippen LogP contribution < -0.4 is 5.73 Å². The highest BCUT2D eigenvalue weighted by Crippen LogP contribution is 2.53. The van der Waals surface area contributed by atoms with E-state index in [-0.39, 0.29) is 0 Å². The zero-order valence-corrected chi connectivity index (χ0v) is 7.83. The van der Waals surface area contributed by atoms with Crippen LogP contribution in [0.2, 0.25) is 0 Å². The maximum absolute atomic E-state index is 5.99. The highest BCUT2D eigenvalue weighted by molar-refractivity contribution is 5.57. The van der Waals surface area contributed by atoms with Gasteiger partial charge in [0.2, 0.25) is 0 Å². The van der Waals surface area contributed by atoms with E-state index < -0.39 is 0 Å². The van der Waals surface area contributed by atoms with Crippen LogP contribution in [0.25, 0.3) is 0 Å². The Balaban J connectivity index is 2.24. The summed E-state index contributed by atoms with van der Waals surface area (Å²) in [4.78, 5) is 2.46. The first-order valence-corrected chi connectivity index (χ1v) is 4.89. The summed E-state index contributed by atoms with van der Waals surface area (Å²) in [7, 11) is 2.21. The van der Waals surface area contributed by atoms with Crippen LogP contribution in [0.1, 0.15) is 36.1 Å². The van der Waals surface area contributed by atoms with E-state index >= 15 is 0 Å². The van der Waals surface area contributed by atoms with E-state index in [1.165, 1.54) is 24.0 Å². The molecule has 13 heavy (non-hydrogen) atoms. The molecule has 0 aliphatic carbocycles. The Hall–Kier alpha value is -1.02. The van der Waals surface area contributed by atoms with Gasteiger partial charge < -0.3 is 5.73 Å². The number of anilines is 1. The third kappa shape index (κ3) is 0.767. The van der Waals surface area contributed by atoms with Gasteiger partial charge in [0.1, 0.15) is 0 Å². The van der Waals surface area contributed by atoms with Crippen molar-refractivity contribution in [3.8, 4) is 0 Å². The van der Waals surface area contributed by atoms with Gasteiger partial charge in [-0.3, -0.25) is 4.90 Å². The summed E-state index contributed by atoms with van der Waals surface area (Å²) in [6.07, 6.45) is 2.58. The van der Waals surface area contributed by atoms with Gasteiger partial charge in [0.25, 0.3) is 0 Å². The number of benzene rings is 1. The summed E-state index contributed by atoms with van der Waals surface area (Å²) in [6, 6.07) is 7.56. The molecule has 0 spiro atoms. The monoisotopic (exact) mass is 174 g/mol. The molecule has 2 unspecified atom stereocenters. The van der Waals surface area contributed by atoms with E-state index in [4.69, 9.17) is 5.73 Å². The van der Waals surface area contributed by atoms with Crippen LogP contribution in [0.4, 0.5) is 5.69 Å². The molecule has 3 rings (SSSR count). The van der Waals surface area contributed by atoms with Crippen LogP contribution in [-0.4, -0.2) is 11.9 Å². The van der Waals surface area contributed by atoms with Crippen molar-refractivity contribution in [2.24, 2.45) is 0 Å². The summed E-state index contributed by atoms with van der Waals surface area (Å²) in [6.45, 7) is 0. The molecule has 2 heterocycles. The lowest BCUT2D eigenvalue weighted by Gasteiger charge is -2.15. The first-order valence-electron chi connectivity index (χ1n) is 4.89. The highest BCUT2D eigenvalue weighted by Gasteiger charge is 2.42. The Kier molecular flexibility index (Phi) is 1.29. The Morgan fingerprint density at radius 2 is 2.08 bits per heavy atom. The topological polar surface area (TPSA) is 29.3 Å². The van der Waals surface area contributed by atoms with Gasteiger partial charge in [-0.2, -0.15) is 0 Å². The van der Waals surface area contributed by atoms with Crippen molar-refractivity contribution >= 4 is 5.69 Å². The van der Waals surface area contributed by atoms with Crippen LogP contribution >= 0.6 is 0 Å². The number of fused-ring (bicyclic) bond motifs is 5. The van der Waals surface area contributed by atoms with Crippen molar-refractivity contribution in [1.82, 2.24) is 4.90 Å². The van der Waals surface area contributed by atoms with E-state index in [9.17, 15) is 0 Å². The minimum absolute atomic E-state index is 0.598. The van der Waals surface area contributed by atoms with Gasteiger partial charge in [-0.05, 0) is 37.1 Å². The van der Waals surface area contributed by atoms with E-state index in [1.54, 1.807) is 0 Å². The van der Waals surface area contributed by atoms with Gasteiger partial charge in [-0.15, -0.1) is 0 Å². The molecule has 2 aliphatic heterocycles. The molecule has 0 aromatic heterocycles. The van der Waals surface area contributed by atoms with Crippen LogP contribution in [0, 0.1) is 0 Å². The fourth-order valence-corrected chi connectivity index (χ4v) is 2.94. The fourth-order valence-electron chi connectivity index (χ4n) is 2.94. The second-order valence-electron chi connectivity index (χ2n) is 4.12. The molecular formula is C11H14N2. The number of nitrogens with zero attached hydrogens (tertiary/aromatic N) is 1. The molecule has 2 aliphatic rings. The van der Waals surface area contributed by atoms with Gasteiger partial charge in [0.15, 0.2) is 0 Å². The van der Waals surface area contributed by atoms with E-state index in [0.29, 0.717) is 12.1 Å². The second kappa shape index (κ2) is 2.26. The molecule has 1 fully saturated rings. The Morgan fingerprint density at radius 1 is 1.31 bits per heavy atom. The Morgan fingerprint density at radius 3 is 2.85 bits per heavy atom. The van der Waals surface area contributed by atoms with Crippen molar-refractivity contribution in [2.75, 3.05) is 12.8 Å². The molecule has 2 nitrogen and oxygen atoms in total. The van der Waals surface area contributed by atoms with Crippen molar-refractivity contribution in [2.45, 2.75) is 24.9 Å². The third-order valence-electron chi connectivity index (χ3n) is 3.56. The number of hydrogen-bond donors (Lipinski definition) is 1. The summed E-state index contributed by atoms with van der Waals surface area (Å²) in [5.41, 5.74) is 9.85. The van der Waals surface area contributed by atoms with Gasteiger partial charge in [0, 0.05) is 17.8 Å². The lowest BCUT2D eigenvalue weighted by Crippen LogP contribution is -2.12. The standard InChI is InChI=1S/C11H14N2/c1-13-9-5-6-10(13)11-7(9)3-2-4-8(11)12/h2-4,9-10H,5-6,12H2,1H3. The maximum Gasteiger partial charge on any atom is 0.0375 e. The van der Waals surface area contributed by atoms with Gasteiger partial charge in [-0.25, -0.2) is 0 Å². The predicted octanol–water partition coefficient (Wildman–Crippen LogP) is 2.09. The molecule has 0 saturated carbocycles. The summed E-state index contributed by atoms with van der Waals surface area (Å²) in [5.74, 6) is 0. The van der Waals surface area contributed by atoms with Crippen molar-refractivity contribution in [3.63, 3.8) is 0 Å². The zero-order chi connectivity index (χ0) is 9.00. The van der Waals surface area contributed by atoms with Gasteiger partial charge in [-0.1, -0.05) is 12.1 Å². The number of hydrogen-bond acceptors (Lipinski definition) is 2. The van der Waals surface area contributed by atoms with Crippen molar-refractivity contribution in [1.29, 1.82) is 0 Å². The molecular weight excluding hydrogens is 160 g/mol. The average Bonchev–Trinajstić information content (AvgIpc) is 2.61. The molecule has 68 valence electrons. The predicted molar refractivity (Wildman–Crippen MR) is 53.3 cm³/mol. The average molecular weight is 174 g/mol. The first kappa shape index (κ1) is 7.39. The van der Waals surface area contributed by atoms with E-state index in [2.05, 4.69) is 24.1 Å². The van der Waals surface area contributed by atoms with Gasteiger partial charge >= 0.3 is 0 Å². The summed E-state index contributed by atoms with van der Waals surface area (Å²) >= 11 is 0. The molecule has 2 heteroatoms. The quantitative estimate of drug-likeness (QED) is 0.610. The lowest BCUT2D eigenvalue weighted by molar-refractivity contribution is 0.280. The molecule has 2 N–H and O–H groups in total. The van der Waals surface area contributed by atoms with Crippen molar-refractivity contribution in [3.05, 3.63) is 29.3 Å². The molecule has 2 bridgehead atoms. The molecule has 2 atom stereocenters. The fraction of sp³-hybridized carbons (Fsp3) is 0.455. The largest absolute Gasteiger partial charge is 0.398 e. The highest BCUT2D eigenvalue weighted by atomic mass is 15.2. The van der Waals surface area contributed by atoms with Gasteiger partial charge in [0.05, 0.1) is 0 Å². The minimum Gasteiger partial charge on any atom is -0.398 e. The summed E-state index contributed by atoms with van der Waals surface area (Å²) in [5, 5.41) is 0. The van der Waals surface area contributed by atoms with Crippen LogP contribution in [0.15, 0.2) is 18.2 Å². The second-order valence-corrected chi connectivity index (χ2v) is 4.12. The first-order chi connectivity index (χ1) is 6.29. The van der Waals surface area contributed by atoms with E-state index in [1.807, 2.05) is 6.07 Å². The molecule has 1 aromatic carbocycles. The zero-order valence-electron chi connectivity index (χ0n) is 7.83. The Bertz CT molecular complexity index is 359. The summed E-state index contributed by atoms with van der Waals surface area (Å²) < 4.78 is 0. The number of rotatable bonds is 0. The Labute approximate surface area is 78.3 Å². The molecule has 0 radical (unpaired) electrons. The molecule has 1 aromatic rings. The van der Waals surface area contributed by atoms with Crippen molar-refractivity contribution < 1.29 is 0 Å². The number of nitrogens with two attached hydrogens (primary N) is 1. The lowest BCUT2D eigenvalue weighted by atomic mass is 9.91. The number of nitrogen functional groups attached to an aromatic ring is 1. The minimum atomic E-state index is 0.598. The third-order valence-corrected chi connectivity index (χ3v) is 3.56. The van der Waals surface area contributed by atoms with Crippen LogP contribution in [-0.2, 0) is 0 Å². The molecule has 1 saturated heterocycles.